The van der Waals surface area contributed by atoms with Crippen molar-refractivity contribution in [2.45, 2.75) is 31.6 Å². The first kappa shape index (κ1) is 14.6. The SMILES string of the molecule is CCC/C(O)=C/C(=O)CS(=O)c1ccc(C)cc1. The van der Waals surface area contributed by atoms with Gasteiger partial charge in [-0.2, -0.15) is 0 Å². The molecule has 18 heavy (non-hydrogen) atoms. The first-order chi connectivity index (χ1) is 8.52. The van der Waals surface area contributed by atoms with Crippen molar-refractivity contribution in [3.05, 3.63) is 41.7 Å². The second kappa shape index (κ2) is 7.11. The van der Waals surface area contributed by atoms with Crippen molar-refractivity contribution in [3.63, 3.8) is 0 Å². The monoisotopic (exact) mass is 266 g/mol. The van der Waals surface area contributed by atoms with Crippen molar-refractivity contribution in [2.75, 3.05) is 5.75 Å². The molecule has 0 aromatic heterocycles. The van der Waals surface area contributed by atoms with Gasteiger partial charge in [0, 0.05) is 17.4 Å². The number of aliphatic hydroxyl groups is 1. The van der Waals surface area contributed by atoms with Crippen molar-refractivity contribution in [1.29, 1.82) is 0 Å². The molecule has 0 saturated carbocycles. The first-order valence-corrected chi connectivity index (χ1v) is 7.22. The van der Waals surface area contributed by atoms with E-state index >= 15 is 0 Å². The normalized spacial score (nSPS) is 13.3. The van der Waals surface area contributed by atoms with Crippen LogP contribution >= 0.6 is 0 Å². The Balaban J connectivity index is 2.62. The van der Waals surface area contributed by atoms with Gasteiger partial charge in [0.25, 0.3) is 0 Å². The molecule has 1 aromatic rings. The van der Waals surface area contributed by atoms with E-state index in [1.165, 1.54) is 6.08 Å². The summed E-state index contributed by atoms with van der Waals surface area (Å²) in [6.45, 7) is 3.86. The van der Waals surface area contributed by atoms with Gasteiger partial charge >= 0.3 is 0 Å². The predicted octanol–water partition coefficient (Wildman–Crippen LogP) is 2.91. The van der Waals surface area contributed by atoms with Crippen LogP contribution in [0.5, 0.6) is 0 Å². The fourth-order valence-electron chi connectivity index (χ4n) is 1.46. The average Bonchev–Trinajstić information content (AvgIpc) is 2.29. The van der Waals surface area contributed by atoms with Crippen LogP contribution in [-0.4, -0.2) is 20.9 Å². The molecule has 98 valence electrons. The lowest BCUT2D eigenvalue weighted by atomic mass is 10.2. The maximum absolute atomic E-state index is 11.9. The van der Waals surface area contributed by atoms with Gasteiger partial charge in [0.1, 0.15) is 0 Å². The minimum atomic E-state index is -1.35. The molecule has 3 nitrogen and oxygen atoms in total. The molecule has 1 rings (SSSR count). The second-order valence-electron chi connectivity index (χ2n) is 4.15. The summed E-state index contributed by atoms with van der Waals surface area (Å²) in [6.07, 6.45) is 2.43. The largest absolute Gasteiger partial charge is 0.512 e. The van der Waals surface area contributed by atoms with E-state index in [9.17, 15) is 14.1 Å². The van der Waals surface area contributed by atoms with Crippen molar-refractivity contribution in [1.82, 2.24) is 0 Å². The Kier molecular flexibility index (Phi) is 5.78. The van der Waals surface area contributed by atoms with Gasteiger partial charge in [0.15, 0.2) is 5.78 Å². The number of carbonyl (C=O) groups excluding carboxylic acids is 1. The lowest BCUT2D eigenvalue weighted by Crippen LogP contribution is -2.09. The molecule has 4 heteroatoms. The van der Waals surface area contributed by atoms with E-state index in [-0.39, 0.29) is 17.3 Å². The summed E-state index contributed by atoms with van der Waals surface area (Å²) in [4.78, 5) is 12.2. The lowest BCUT2D eigenvalue weighted by Gasteiger charge is -2.01. The Hall–Kier alpha value is -1.42. The molecule has 1 N–H and O–H groups in total. The van der Waals surface area contributed by atoms with Crippen molar-refractivity contribution < 1.29 is 14.1 Å². The van der Waals surface area contributed by atoms with Crippen molar-refractivity contribution in [3.8, 4) is 0 Å². The lowest BCUT2D eigenvalue weighted by molar-refractivity contribution is -0.112. The van der Waals surface area contributed by atoms with E-state index in [0.717, 1.165) is 12.0 Å². The van der Waals surface area contributed by atoms with Crippen LogP contribution in [0.1, 0.15) is 25.3 Å². The van der Waals surface area contributed by atoms with Gasteiger partial charge in [0.2, 0.25) is 0 Å². The van der Waals surface area contributed by atoms with Crippen LogP contribution in [-0.2, 0) is 15.6 Å². The highest BCUT2D eigenvalue weighted by molar-refractivity contribution is 7.85. The zero-order valence-electron chi connectivity index (χ0n) is 10.7. The van der Waals surface area contributed by atoms with E-state index < -0.39 is 10.8 Å². The first-order valence-electron chi connectivity index (χ1n) is 5.90. The van der Waals surface area contributed by atoms with Crippen molar-refractivity contribution >= 4 is 16.6 Å². The predicted molar refractivity (Wildman–Crippen MR) is 73.1 cm³/mol. The number of aryl methyl sites for hydroxylation is 1. The number of rotatable bonds is 6. The highest BCUT2D eigenvalue weighted by atomic mass is 32.2. The van der Waals surface area contributed by atoms with Crippen molar-refractivity contribution in [2.24, 2.45) is 0 Å². The molecule has 0 bridgehead atoms. The summed E-state index contributed by atoms with van der Waals surface area (Å²) >= 11 is 0. The van der Waals surface area contributed by atoms with Crippen LogP contribution < -0.4 is 0 Å². The zero-order valence-corrected chi connectivity index (χ0v) is 11.5. The highest BCUT2D eigenvalue weighted by Crippen LogP contribution is 2.09. The molecule has 0 saturated heterocycles. The summed E-state index contributed by atoms with van der Waals surface area (Å²) in [6, 6.07) is 7.24. The van der Waals surface area contributed by atoms with Gasteiger partial charge in [-0.25, -0.2) is 0 Å². The Bertz CT molecular complexity index is 460. The molecule has 1 unspecified atom stereocenters. The van der Waals surface area contributed by atoms with Gasteiger partial charge < -0.3 is 5.11 Å². The Labute approximate surface area is 110 Å². The highest BCUT2D eigenvalue weighted by Gasteiger charge is 2.09. The number of allylic oxidation sites excluding steroid dienone is 2. The molecule has 0 amide bonds. The Morgan fingerprint density at radius 2 is 1.94 bits per heavy atom. The molecule has 1 aromatic carbocycles. The van der Waals surface area contributed by atoms with Crippen LogP contribution in [0.15, 0.2) is 41.0 Å². The number of hydrogen-bond acceptors (Lipinski definition) is 3. The van der Waals surface area contributed by atoms with Crippen LogP contribution in [0.4, 0.5) is 0 Å². The van der Waals surface area contributed by atoms with Crippen LogP contribution in [0, 0.1) is 6.92 Å². The number of benzene rings is 1. The zero-order chi connectivity index (χ0) is 13.5. The molecule has 0 radical (unpaired) electrons. The number of ketones is 1. The summed E-state index contributed by atoms with van der Waals surface area (Å²) in [5, 5.41) is 9.38. The van der Waals surface area contributed by atoms with E-state index in [1.54, 1.807) is 12.1 Å². The van der Waals surface area contributed by atoms with Crippen LogP contribution in [0.25, 0.3) is 0 Å². The molecular formula is C14H18O3S. The smallest absolute Gasteiger partial charge is 0.171 e. The molecule has 0 spiro atoms. The standard InChI is InChI=1S/C14H18O3S/c1-3-4-12(15)9-13(16)10-18(17)14-7-5-11(2)6-8-14/h5-9,15H,3-4,10H2,1-2H3/b12-9-. The minimum absolute atomic E-state index is 0.0587. The third-order valence-corrected chi connectivity index (χ3v) is 3.74. The summed E-state index contributed by atoms with van der Waals surface area (Å²) in [5.74, 6) is -0.333. The van der Waals surface area contributed by atoms with E-state index in [4.69, 9.17) is 0 Å². The molecule has 0 heterocycles. The molecule has 1 atom stereocenters. The summed E-state index contributed by atoms with van der Waals surface area (Å²) in [7, 11) is -1.35. The van der Waals surface area contributed by atoms with E-state index in [1.807, 2.05) is 26.0 Å². The maximum Gasteiger partial charge on any atom is 0.171 e. The topological polar surface area (TPSA) is 54.4 Å². The quantitative estimate of drug-likeness (QED) is 0.636. The summed E-state index contributed by atoms with van der Waals surface area (Å²) < 4.78 is 11.9. The molecule has 0 aliphatic heterocycles. The fourth-order valence-corrected chi connectivity index (χ4v) is 2.41. The van der Waals surface area contributed by atoms with Gasteiger partial charge in [0.05, 0.1) is 22.3 Å². The van der Waals surface area contributed by atoms with Crippen LogP contribution in [0.2, 0.25) is 0 Å². The Morgan fingerprint density at radius 1 is 1.33 bits per heavy atom. The van der Waals surface area contributed by atoms with Gasteiger partial charge in [-0.3, -0.25) is 9.00 Å². The number of aliphatic hydroxyl groups excluding tert-OH is 1. The average molecular weight is 266 g/mol. The number of hydrogen-bond donors (Lipinski definition) is 1. The van der Waals surface area contributed by atoms with Gasteiger partial charge in [-0.15, -0.1) is 0 Å². The molecule has 0 aliphatic rings. The van der Waals surface area contributed by atoms with Crippen LogP contribution in [0.3, 0.4) is 0 Å². The van der Waals surface area contributed by atoms with E-state index in [2.05, 4.69) is 0 Å². The number of carbonyl (C=O) groups is 1. The fraction of sp³-hybridized carbons (Fsp3) is 0.357. The third-order valence-electron chi connectivity index (χ3n) is 2.39. The molecule has 0 aliphatic carbocycles. The summed E-state index contributed by atoms with van der Waals surface area (Å²) in [5.41, 5.74) is 1.09. The Morgan fingerprint density at radius 3 is 2.50 bits per heavy atom. The van der Waals surface area contributed by atoms with E-state index in [0.29, 0.717) is 11.3 Å². The maximum atomic E-state index is 11.9. The second-order valence-corrected chi connectivity index (χ2v) is 5.61. The molecular weight excluding hydrogens is 248 g/mol. The van der Waals surface area contributed by atoms with Gasteiger partial charge in [-0.05, 0) is 25.5 Å². The third kappa shape index (κ3) is 4.84. The minimum Gasteiger partial charge on any atom is -0.512 e. The molecule has 0 fully saturated rings. The van der Waals surface area contributed by atoms with Gasteiger partial charge in [-0.1, -0.05) is 24.6 Å².